The van der Waals surface area contributed by atoms with Crippen LogP contribution in [0.4, 0.5) is 0 Å². The summed E-state index contributed by atoms with van der Waals surface area (Å²) in [7, 11) is 0. The normalized spacial score (nSPS) is 19.4. The average Bonchev–Trinajstić information content (AvgIpc) is 3.42. The molecule has 1 fully saturated rings. The third kappa shape index (κ3) is 40.8. The number of hydrogen-bond acceptors (Lipinski definition) is 10. The first-order chi connectivity index (χ1) is 37.2. The molecule has 0 aromatic rings. The first kappa shape index (κ1) is 71.6. The fourth-order valence-electron chi connectivity index (χ4n) is 9.84. The van der Waals surface area contributed by atoms with Gasteiger partial charge in [0.2, 0.25) is 5.91 Å². The predicted molar refractivity (Wildman–Crippen MR) is 315 cm³/mol. The van der Waals surface area contributed by atoms with E-state index in [4.69, 9.17) is 14.2 Å². The van der Waals surface area contributed by atoms with Gasteiger partial charge >= 0.3 is 5.97 Å². The van der Waals surface area contributed by atoms with Crippen LogP contribution in [-0.4, -0.2) is 99.6 Å². The smallest absolute Gasteiger partial charge is 0.306 e. The molecule has 0 saturated carbocycles. The first-order valence-electron chi connectivity index (χ1n) is 31.9. The highest BCUT2D eigenvalue weighted by Gasteiger charge is 2.47. The van der Waals surface area contributed by atoms with Crippen molar-refractivity contribution in [2.75, 3.05) is 13.2 Å². The minimum atomic E-state index is -1.61. The van der Waals surface area contributed by atoms with Gasteiger partial charge in [-0.05, 0) is 77.0 Å². The molecule has 6 N–H and O–H groups in total. The molecule has 1 heterocycles. The quantitative estimate of drug-likeness (QED) is 0.0195. The molecule has 1 amide bonds. The summed E-state index contributed by atoms with van der Waals surface area (Å²) in [5, 5.41) is 56.9. The number of aliphatic hydroxyl groups is 5. The zero-order valence-corrected chi connectivity index (χ0v) is 49.1. The second kappa shape index (κ2) is 53.3. The van der Waals surface area contributed by atoms with Crippen LogP contribution in [0, 0.1) is 0 Å². The fraction of sp³-hybridized carbons (Fsp3) is 0.846. The molecule has 1 saturated heterocycles. The van der Waals surface area contributed by atoms with Crippen LogP contribution in [0.1, 0.15) is 290 Å². The topological polar surface area (TPSA) is 175 Å². The lowest BCUT2D eigenvalue weighted by Gasteiger charge is -2.41. The number of nitrogens with one attached hydrogen (secondary N) is 1. The number of carbonyl (C=O) groups is 2. The second-order valence-electron chi connectivity index (χ2n) is 22.1. The summed E-state index contributed by atoms with van der Waals surface area (Å²) in [5.41, 5.74) is 0. The second-order valence-corrected chi connectivity index (χ2v) is 22.1. The summed E-state index contributed by atoms with van der Waals surface area (Å²) in [6.45, 7) is 5.73. The minimum Gasteiger partial charge on any atom is -0.454 e. The van der Waals surface area contributed by atoms with Gasteiger partial charge in [-0.15, -0.1) is 0 Å². The van der Waals surface area contributed by atoms with Crippen LogP contribution < -0.4 is 5.32 Å². The van der Waals surface area contributed by atoms with E-state index in [-0.39, 0.29) is 13.0 Å². The maximum atomic E-state index is 13.4. The van der Waals surface area contributed by atoms with Crippen LogP contribution in [0.5, 0.6) is 0 Å². The zero-order valence-electron chi connectivity index (χ0n) is 49.1. The van der Waals surface area contributed by atoms with Crippen molar-refractivity contribution in [2.24, 2.45) is 0 Å². The van der Waals surface area contributed by atoms with Crippen molar-refractivity contribution in [1.82, 2.24) is 5.32 Å². The Morgan fingerprint density at radius 2 is 0.921 bits per heavy atom. The van der Waals surface area contributed by atoms with E-state index in [0.717, 1.165) is 83.5 Å². The van der Waals surface area contributed by atoms with Gasteiger partial charge in [-0.2, -0.15) is 0 Å². The number of aliphatic hydroxyl groups excluding tert-OH is 5. The summed E-state index contributed by atoms with van der Waals surface area (Å²) in [6.07, 6.45) is 54.5. The van der Waals surface area contributed by atoms with Crippen molar-refractivity contribution in [2.45, 2.75) is 339 Å². The predicted octanol–water partition coefficient (Wildman–Crippen LogP) is 15.2. The molecule has 11 nitrogen and oxygen atoms in total. The Bertz CT molecular complexity index is 1420. The van der Waals surface area contributed by atoms with Crippen LogP contribution in [0.2, 0.25) is 0 Å². The number of carbonyl (C=O) groups excluding carboxylic acids is 2. The lowest BCUT2D eigenvalue weighted by molar-refractivity contribution is -0.305. The molecule has 0 aromatic carbocycles. The Labute approximate surface area is 466 Å². The molecule has 1 rings (SSSR count). The van der Waals surface area contributed by atoms with Gasteiger partial charge in [-0.25, -0.2) is 0 Å². The molecule has 76 heavy (non-hydrogen) atoms. The summed E-state index contributed by atoms with van der Waals surface area (Å²) >= 11 is 0. The summed E-state index contributed by atoms with van der Waals surface area (Å²) in [6, 6.07) is -1.02. The minimum absolute atomic E-state index is 0.114. The summed E-state index contributed by atoms with van der Waals surface area (Å²) in [5.74, 6) is -1.20. The van der Waals surface area contributed by atoms with Crippen molar-refractivity contribution >= 4 is 11.9 Å². The van der Waals surface area contributed by atoms with Gasteiger partial charge in [0.25, 0.3) is 0 Å². The third-order valence-corrected chi connectivity index (χ3v) is 15.0. The Balaban J connectivity index is 2.59. The molecule has 11 heteroatoms. The van der Waals surface area contributed by atoms with Gasteiger partial charge in [0.05, 0.1) is 25.4 Å². The highest BCUT2D eigenvalue weighted by molar-refractivity contribution is 5.80. The molecule has 0 spiro atoms. The monoisotopic (exact) mass is 1070 g/mol. The maximum Gasteiger partial charge on any atom is 0.306 e. The standard InChI is InChI=1S/C65H119NO10/c1-4-7-10-13-16-19-22-24-25-26-27-28-29-30-31-32-33-34-35-38-40-43-46-49-52-58(69)64(73)66-56(57(68)51-48-45-42-39-37-23-20-17-14-11-8-5-2)55-74-65-63(62(72)61(71)59(54-67)75-65)76-60(70)53-50-47-44-41-36-21-18-15-12-9-6-3/h15-16,18-19,24-25,48,51,56-59,61-63,65,67-69,71-72H,4-14,17,20-23,26-47,49-50,52-55H2,1-3H3,(H,66,73)/b18-15-,19-16-,25-24-,51-48+. The van der Waals surface area contributed by atoms with Crippen LogP contribution >= 0.6 is 0 Å². The van der Waals surface area contributed by atoms with Crippen molar-refractivity contribution in [3.05, 3.63) is 48.6 Å². The number of hydrogen-bond donors (Lipinski definition) is 6. The highest BCUT2D eigenvalue weighted by atomic mass is 16.7. The number of esters is 1. The van der Waals surface area contributed by atoms with Crippen molar-refractivity contribution in [3.8, 4) is 0 Å². The first-order valence-corrected chi connectivity index (χ1v) is 31.9. The van der Waals surface area contributed by atoms with E-state index >= 15 is 0 Å². The lowest BCUT2D eigenvalue weighted by Crippen LogP contribution is -2.61. The van der Waals surface area contributed by atoms with E-state index in [1.54, 1.807) is 6.08 Å². The maximum absolute atomic E-state index is 13.4. The Morgan fingerprint density at radius 3 is 1.42 bits per heavy atom. The molecule has 0 aliphatic carbocycles. The number of allylic oxidation sites excluding steroid dienone is 7. The van der Waals surface area contributed by atoms with Crippen molar-refractivity contribution in [3.63, 3.8) is 0 Å². The molecular weight excluding hydrogens is 955 g/mol. The third-order valence-electron chi connectivity index (χ3n) is 15.0. The van der Waals surface area contributed by atoms with Crippen LogP contribution in [0.25, 0.3) is 0 Å². The van der Waals surface area contributed by atoms with Gasteiger partial charge in [-0.3, -0.25) is 9.59 Å². The molecule has 0 radical (unpaired) electrons. The molecule has 1 aliphatic heterocycles. The van der Waals surface area contributed by atoms with Gasteiger partial charge in [0, 0.05) is 6.42 Å². The number of rotatable bonds is 54. The molecule has 8 atom stereocenters. The van der Waals surface area contributed by atoms with E-state index in [0.29, 0.717) is 19.3 Å². The van der Waals surface area contributed by atoms with Crippen LogP contribution in [-0.2, 0) is 23.8 Å². The molecule has 0 aromatic heterocycles. The van der Waals surface area contributed by atoms with Crippen LogP contribution in [0.3, 0.4) is 0 Å². The molecule has 8 unspecified atom stereocenters. The largest absolute Gasteiger partial charge is 0.454 e. The van der Waals surface area contributed by atoms with E-state index in [1.807, 2.05) is 6.08 Å². The lowest BCUT2D eigenvalue weighted by atomic mass is 9.99. The van der Waals surface area contributed by atoms with Gasteiger partial charge < -0.3 is 45.1 Å². The zero-order chi connectivity index (χ0) is 55.4. The summed E-state index contributed by atoms with van der Waals surface area (Å²) in [4.78, 5) is 26.5. The Kier molecular flexibility index (Phi) is 50.2. The summed E-state index contributed by atoms with van der Waals surface area (Å²) < 4.78 is 17.6. The van der Waals surface area contributed by atoms with Crippen molar-refractivity contribution in [1.29, 1.82) is 0 Å². The van der Waals surface area contributed by atoms with Crippen molar-refractivity contribution < 1.29 is 49.3 Å². The fourth-order valence-corrected chi connectivity index (χ4v) is 9.84. The molecule has 1 aliphatic rings. The Morgan fingerprint density at radius 1 is 0.513 bits per heavy atom. The van der Waals surface area contributed by atoms with E-state index < -0.39 is 67.4 Å². The average molecular weight is 1070 g/mol. The highest BCUT2D eigenvalue weighted by Crippen LogP contribution is 2.26. The molecule has 0 bridgehead atoms. The van der Waals surface area contributed by atoms with Gasteiger partial charge in [0.15, 0.2) is 12.4 Å². The van der Waals surface area contributed by atoms with E-state index in [1.165, 1.54) is 161 Å². The van der Waals surface area contributed by atoms with Crippen LogP contribution in [0.15, 0.2) is 48.6 Å². The number of ether oxygens (including phenoxy) is 3. The molecule has 444 valence electrons. The number of amides is 1. The van der Waals surface area contributed by atoms with E-state index in [9.17, 15) is 35.1 Å². The molecular formula is C65H119NO10. The van der Waals surface area contributed by atoms with Gasteiger partial charge in [0.1, 0.15) is 24.4 Å². The number of unbranched alkanes of at least 4 members (excludes halogenated alkanes) is 34. The van der Waals surface area contributed by atoms with E-state index in [2.05, 4.69) is 62.5 Å². The Hall–Kier alpha value is -2.38. The van der Waals surface area contributed by atoms with Gasteiger partial charge in [-0.1, -0.05) is 256 Å². The SMILES string of the molecule is CCCC/C=C\CCCCCCCC(=O)OC1C(OCC(NC(=O)C(O)CCCCCCCCCCCCCCCC/C=C\C/C=C\CCCCC)C(O)/C=C/CCCCCCCCCCCC)OC(CO)C(O)C1O.